The Balaban J connectivity index is 3.10. The molecule has 0 amide bonds. The van der Waals surface area contributed by atoms with Crippen molar-refractivity contribution >= 4 is 39.1 Å². The van der Waals surface area contributed by atoms with Crippen molar-refractivity contribution < 1.29 is 8.42 Å². The van der Waals surface area contributed by atoms with Crippen LogP contribution in [0.3, 0.4) is 0 Å². The van der Waals surface area contributed by atoms with Gasteiger partial charge in [-0.05, 0) is 50.0 Å². The maximum atomic E-state index is 12.6. The van der Waals surface area contributed by atoms with Crippen LogP contribution < -0.4 is 5.73 Å². The molecule has 0 spiro atoms. The lowest BCUT2D eigenvalue weighted by Crippen LogP contribution is -2.35. The van der Waals surface area contributed by atoms with Crippen LogP contribution >= 0.6 is 23.4 Å². The fourth-order valence-electron chi connectivity index (χ4n) is 1.70. The van der Waals surface area contributed by atoms with E-state index in [4.69, 9.17) is 17.3 Å². The van der Waals surface area contributed by atoms with Crippen molar-refractivity contribution in [1.29, 1.82) is 0 Å². The number of anilines is 1. The summed E-state index contributed by atoms with van der Waals surface area (Å²) in [6.45, 7) is 3.66. The van der Waals surface area contributed by atoms with E-state index in [2.05, 4.69) is 0 Å². The van der Waals surface area contributed by atoms with Crippen LogP contribution in [0.25, 0.3) is 0 Å². The molecule has 1 aromatic rings. The third-order valence-electron chi connectivity index (χ3n) is 3.40. The fraction of sp³-hybridized carbons (Fsp3) is 0.538. The van der Waals surface area contributed by atoms with Crippen molar-refractivity contribution in [2.75, 3.05) is 24.8 Å². The number of hydrogen-bond donors (Lipinski definition) is 1. The summed E-state index contributed by atoms with van der Waals surface area (Å²) in [7, 11) is -1.98. The molecule has 0 bridgehead atoms. The van der Waals surface area contributed by atoms with Gasteiger partial charge in [0.1, 0.15) is 0 Å². The first-order chi connectivity index (χ1) is 9.21. The Kier molecular flexibility index (Phi) is 6.19. The van der Waals surface area contributed by atoms with Gasteiger partial charge in [-0.3, -0.25) is 0 Å². The van der Waals surface area contributed by atoms with Crippen LogP contribution in [0.15, 0.2) is 17.0 Å². The molecule has 7 heteroatoms. The average Bonchev–Trinajstić information content (AvgIpc) is 2.40. The molecule has 0 aromatic heterocycles. The average molecular weight is 337 g/mol. The molecule has 0 aliphatic rings. The van der Waals surface area contributed by atoms with Crippen molar-refractivity contribution in [3.63, 3.8) is 0 Å². The number of rotatable bonds is 6. The lowest BCUT2D eigenvalue weighted by atomic mass is 10.2. The normalized spacial score (nSPS) is 13.7. The number of thioether (sulfide) groups is 1. The van der Waals surface area contributed by atoms with Crippen LogP contribution in [-0.4, -0.2) is 37.8 Å². The molecule has 0 aliphatic carbocycles. The summed E-state index contributed by atoms with van der Waals surface area (Å²) in [4.78, 5) is 0.143. The number of halogens is 1. The van der Waals surface area contributed by atoms with Gasteiger partial charge in [-0.25, -0.2) is 8.42 Å². The van der Waals surface area contributed by atoms with Crippen LogP contribution in [0.2, 0.25) is 5.02 Å². The highest BCUT2D eigenvalue weighted by Gasteiger charge is 2.26. The Bertz CT molecular complexity index is 553. The zero-order chi connectivity index (χ0) is 15.5. The zero-order valence-corrected chi connectivity index (χ0v) is 14.6. The first kappa shape index (κ1) is 17.6. The topological polar surface area (TPSA) is 63.4 Å². The number of nitrogens with two attached hydrogens (primary N) is 1. The van der Waals surface area contributed by atoms with E-state index in [1.54, 1.807) is 25.7 Å². The van der Waals surface area contributed by atoms with Gasteiger partial charge in [-0.1, -0.05) is 11.6 Å². The molecule has 0 heterocycles. The molecule has 1 aromatic carbocycles. The Morgan fingerprint density at radius 3 is 2.55 bits per heavy atom. The standard InChI is InChI=1S/C13H21ClN2O2S2/c1-9(5-6-19-4)16(3)20(17,18)11-7-12(14)10(2)13(15)8-11/h7-9H,5-6,15H2,1-4H3. The van der Waals surface area contributed by atoms with Gasteiger partial charge in [0.25, 0.3) is 0 Å². The van der Waals surface area contributed by atoms with E-state index in [9.17, 15) is 8.42 Å². The lowest BCUT2D eigenvalue weighted by molar-refractivity contribution is 0.382. The van der Waals surface area contributed by atoms with Gasteiger partial charge in [0.05, 0.1) is 4.90 Å². The molecule has 4 nitrogen and oxygen atoms in total. The summed E-state index contributed by atoms with van der Waals surface area (Å²) in [6, 6.07) is 2.85. The second kappa shape index (κ2) is 7.02. The monoisotopic (exact) mass is 336 g/mol. The van der Waals surface area contributed by atoms with Crippen LogP contribution in [0, 0.1) is 6.92 Å². The molecule has 0 aliphatic heterocycles. The number of benzene rings is 1. The Hall–Kier alpha value is -0.430. The molecular weight excluding hydrogens is 316 g/mol. The van der Waals surface area contributed by atoms with Crippen molar-refractivity contribution in [3.05, 3.63) is 22.7 Å². The first-order valence-electron chi connectivity index (χ1n) is 6.24. The first-order valence-corrected chi connectivity index (χ1v) is 9.45. The van der Waals surface area contributed by atoms with Crippen molar-refractivity contribution in [2.24, 2.45) is 0 Å². The van der Waals surface area contributed by atoms with E-state index in [0.717, 1.165) is 12.2 Å². The van der Waals surface area contributed by atoms with Crippen molar-refractivity contribution in [2.45, 2.75) is 31.2 Å². The van der Waals surface area contributed by atoms with Gasteiger partial charge in [0.15, 0.2) is 0 Å². The molecule has 1 unspecified atom stereocenters. The number of sulfonamides is 1. The molecule has 0 fully saturated rings. The molecule has 2 N–H and O–H groups in total. The predicted molar refractivity (Wildman–Crippen MR) is 88.0 cm³/mol. The van der Waals surface area contributed by atoms with Gasteiger partial charge >= 0.3 is 0 Å². The summed E-state index contributed by atoms with van der Waals surface area (Å²) in [6.07, 6.45) is 2.80. The third kappa shape index (κ3) is 3.81. The van der Waals surface area contributed by atoms with E-state index in [1.165, 1.54) is 16.4 Å². The molecule has 20 heavy (non-hydrogen) atoms. The lowest BCUT2D eigenvalue weighted by Gasteiger charge is -2.24. The summed E-state index contributed by atoms with van der Waals surface area (Å²) < 4.78 is 26.5. The third-order valence-corrected chi connectivity index (χ3v) is 6.38. The van der Waals surface area contributed by atoms with Crippen LogP contribution in [-0.2, 0) is 10.0 Å². The molecule has 1 rings (SSSR count). The Morgan fingerprint density at radius 1 is 1.45 bits per heavy atom. The Labute approximate surface area is 130 Å². The maximum absolute atomic E-state index is 12.6. The number of nitrogen functional groups attached to an aromatic ring is 1. The highest BCUT2D eigenvalue weighted by atomic mass is 35.5. The smallest absolute Gasteiger partial charge is 0.243 e. The van der Waals surface area contributed by atoms with E-state index in [1.807, 2.05) is 13.2 Å². The molecule has 114 valence electrons. The minimum atomic E-state index is -3.57. The minimum absolute atomic E-state index is 0.0752. The van der Waals surface area contributed by atoms with E-state index in [0.29, 0.717) is 16.3 Å². The quantitative estimate of drug-likeness (QED) is 0.811. The van der Waals surface area contributed by atoms with Crippen LogP contribution in [0.1, 0.15) is 18.9 Å². The highest BCUT2D eigenvalue weighted by molar-refractivity contribution is 7.98. The van der Waals surface area contributed by atoms with E-state index < -0.39 is 10.0 Å². The summed E-state index contributed by atoms with van der Waals surface area (Å²) in [5.74, 6) is 0.915. The maximum Gasteiger partial charge on any atom is 0.243 e. The number of nitrogens with zero attached hydrogens (tertiary/aromatic N) is 1. The van der Waals surface area contributed by atoms with Gasteiger partial charge in [-0.15, -0.1) is 0 Å². The second-order valence-corrected chi connectivity index (χ2v) is 8.16. The zero-order valence-electron chi connectivity index (χ0n) is 12.2. The molecule has 0 saturated heterocycles. The predicted octanol–water partition coefficient (Wildman–Crippen LogP) is 2.99. The number of hydrogen-bond acceptors (Lipinski definition) is 4. The van der Waals surface area contributed by atoms with Gasteiger partial charge in [0, 0.05) is 23.8 Å². The second-order valence-electron chi connectivity index (χ2n) is 4.77. The van der Waals surface area contributed by atoms with E-state index in [-0.39, 0.29) is 10.9 Å². The van der Waals surface area contributed by atoms with Gasteiger partial charge < -0.3 is 5.73 Å². The molecule has 0 saturated carbocycles. The molecular formula is C13H21ClN2O2S2. The summed E-state index contributed by atoms with van der Waals surface area (Å²) in [5.41, 5.74) is 6.89. The SMILES string of the molecule is CSCCC(C)N(C)S(=O)(=O)c1cc(N)c(C)c(Cl)c1. The molecule has 0 radical (unpaired) electrons. The largest absolute Gasteiger partial charge is 0.398 e. The fourth-order valence-corrected chi connectivity index (χ4v) is 4.02. The highest BCUT2D eigenvalue weighted by Crippen LogP contribution is 2.28. The van der Waals surface area contributed by atoms with Gasteiger partial charge in [0.2, 0.25) is 10.0 Å². The summed E-state index contributed by atoms with van der Waals surface area (Å²) in [5, 5.41) is 0.369. The van der Waals surface area contributed by atoms with E-state index >= 15 is 0 Å². The summed E-state index contributed by atoms with van der Waals surface area (Å²) >= 11 is 7.72. The van der Waals surface area contributed by atoms with Crippen LogP contribution in [0.5, 0.6) is 0 Å². The van der Waals surface area contributed by atoms with Crippen molar-refractivity contribution in [3.8, 4) is 0 Å². The van der Waals surface area contributed by atoms with Crippen molar-refractivity contribution in [1.82, 2.24) is 4.31 Å². The Morgan fingerprint density at radius 2 is 2.05 bits per heavy atom. The van der Waals surface area contributed by atoms with Crippen LogP contribution in [0.4, 0.5) is 5.69 Å². The molecule has 1 atom stereocenters. The van der Waals surface area contributed by atoms with Gasteiger partial charge in [-0.2, -0.15) is 16.1 Å². The minimum Gasteiger partial charge on any atom is -0.398 e.